The molecule has 12 heavy (non-hydrogen) atoms. The first-order chi connectivity index (χ1) is 5.52. The van der Waals surface area contributed by atoms with E-state index in [1.165, 1.54) is 6.07 Å². The Morgan fingerprint density at radius 1 is 1.17 bits per heavy atom. The van der Waals surface area contributed by atoms with Crippen molar-refractivity contribution in [2.75, 3.05) is 0 Å². The van der Waals surface area contributed by atoms with Crippen molar-refractivity contribution in [3.05, 3.63) is 23.3 Å². The number of phenolic OH excluding ortho intramolecular Hbond substituents is 2. The number of aliphatic hydroxyl groups excluding tert-OH is 1. The number of aromatic hydroxyl groups is 2. The molecule has 0 radical (unpaired) electrons. The van der Waals surface area contributed by atoms with Crippen molar-refractivity contribution in [3.63, 3.8) is 0 Å². The van der Waals surface area contributed by atoms with Gasteiger partial charge in [0.1, 0.15) is 11.5 Å². The Bertz CT molecular complexity index is 270. The zero-order valence-corrected chi connectivity index (χ0v) is 6.52. The van der Waals surface area contributed by atoms with Crippen LogP contribution in [0.5, 0.6) is 11.5 Å². The van der Waals surface area contributed by atoms with Gasteiger partial charge in [-0.15, -0.1) is 0 Å². The highest BCUT2D eigenvalue weighted by Crippen LogP contribution is 2.30. The van der Waals surface area contributed by atoms with Gasteiger partial charge in [0.15, 0.2) is 6.29 Å². The second-order valence-electron chi connectivity index (χ2n) is 2.57. The molecule has 0 saturated heterocycles. The summed E-state index contributed by atoms with van der Waals surface area (Å²) in [5, 5.41) is 35.7. The van der Waals surface area contributed by atoms with Gasteiger partial charge < -0.3 is 20.4 Å². The summed E-state index contributed by atoms with van der Waals surface area (Å²) in [6.45, 7) is 1.56. The van der Waals surface area contributed by atoms with E-state index >= 15 is 0 Å². The normalized spacial score (nSPS) is 10.7. The third kappa shape index (κ3) is 1.49. The second kappa shape index (κ2) is 3.00. The molecule has 0 atom stereocenters. The predicted molar refractivity (Wildman–Crippen MR) is 41.7 cm³/mol. The maximum Gasteiger partial charge on any atom is 0.182 e. The molecule has 0 heterocycles. The SMILES string of the molecule is Cc1cc(O)cc(O)c1C(O)O. The number of aliphatic hydroxyl groups is 2. The van der Waals surface area contributed by atoms with E-state index in [0.717, 1.165) is 6.07 Å². The highest BCUT2D eigenvalue weighted by atomic mass is 16.5. The zero-order chi connectivity index (χ0) is 9.30. The lowest BCUT2D eigenvalue weighted by Crippen LogP contribution is -1.98. The predicted octanol–water partition coefficient (Wildman–Crippen LogP) is 0.389. The van der Waals surface area contributed by atoms with Crippen LogP contribution in [0.4, 0.5) is 0 Å². The van der Waals surface area contributed by atoms with E-state index in [4.69, 9.17) is 20.4 Å². The summed E-state index contributed by atoms with van der Waals surface area (Å²) in [6.07, 6.45) is -1.72. The van der Waals surface area contributed by atoms with Crippen LogP contribution < -0.4 is 0 Å². The molecule has 0 amide bonds. The molecule has 0 fully saturated rings. The second-order valence-corrected chi connectivity index (χ2v) is 2.57. The first kappa shape index (κ1) is 8.83. The summed E-state index contributed by atoms with van der Waals surface area (Å²) in [5.41, 5.74) is 0.454. The van der Waals surface area contributed by atoms with Crippen molar-refractivity contribution in [2.24, 2.45) is 0 Å². The molecule has 1 aromatic carbocycles. The fraction of sp³-hybridized carbons (Fsp3) is 0.250. The van der Waals surface area contributed by atoms with E-state index in [1.54, 1.807) is 6.92 Å². The van der Waals surface area contributed by atoms with Gasteiger partial charge in [-0.25, -0.2) is 0 Å². The first-order valence-corrected chi connectivity index (χ1v) is 3.41. The lowest BCUT2D eigenvalue weighted by molar-refractivity contribution is -0.0443. The summed E-state index contributed by atoms with van der Waals surface area (Å²) in [4.78, 5) is 0. The largest absolute Gasteiger partial charge is 0.508 e. The summed E-state index contributed by atoms with van der Waals surface area (Å²) in [5.74, 6) is -0.420. The average molecular weight is 170 g/mol. The Morgan fingerprint density at radius 2 is 1.75 bits per heavy atom. The minimum Gasteiger partial charge on any atom is -0.508 e. The van der Waals surface area contributed by atoms with Gasteiger partial charge in [-0.05, 0) is 18.6 Å². The van der Waals surface area contributed by atoms with Gasteiger partial charge in [0.05, 0.1) is 5.56 Å². The van der Waals surface area contributed by atoms with Gasteiger partial charge in [-0.3, -0.25) is 0 Å². The van der Waals surface area contributed by atoms with Crippen LogP contribution in [0.2, 0.25) is 0 Å². The number of hydrogen-bond acceptors (Lipinski definition) is 4. The van der Waals surface area contributed by atoms with E-state index in [2.05, 4.69) is 0 Å². The van der Waals surface area contributed by atoms with Crippen molar-refractivity contribution in [3.8, 4) is 11.5 Å². The van der Waals surface area contributed by atoms with Crippen molar-refractivity contribution >= 4 is 0 Å². The smallest absolute Gasteiger partial charge is 0.182 e. The van der Waals surface area contributed by atoms with Crippen molar-refractivity contribution < 1.29 is 20.4 Å². The lowest BCUT2D eigenvalue weighted by atomic mass is 10.1. The molecule has 0 spiro atoms. The summed E-state index contributed by atoms with van der Waals surface area (Å²) in [6, 6.07) is 2.40. The fourth-order valence-corrected chi connectivity index (χ4v) is 1.10. The molecule has 0 aliphatic heterocycles. The Morgan fingerprint density at radius 3 is 2.17 bits per heavy atom. The molecule has 0 aliphatic rings. The number of benzene rings is 1. The maximum absolute atomic E-state index is 9.16. The first-order valence-electron chi connectivity index (χ1n) is 3.41. The van der Waals surface area contributed by atoms with Crippen LogP contribution >= 0.6 is 0 Å². The topological polar surface area (TPSA) is 80.9 Å². The molecule has 4 heteroatoms. The molecule has 0 unspecified atom stereocenters. The molecule has 0 aromatic heterocycles. The number of aryl methyl sites for hydroxylation is 1. The molecule has 66 valence electrons. The van der Waals surface area contributed by atoms with Gasteiger partial charge in [0.2, 0.25) is 0 Å². The van der Waals surface area contributed by atoms with Gasteiger partial charge in [0, 0.05) is 6.07 Å². The Balaban J connectivity index is 3.28. The third-order valence-corrected chi connectivity index (χ3v) is 1.61. The molecular weight excluding hydrogens is 160 g/mol. The van der Waals surface area contributed by atoms with E-state index < -0.39 is 6.29 Å². The van der Waals surface area contributed by atoms with Crippen LogP contribution in [0, 0.1) is 6.92 Å². The summed E-state index contributed by atoms with van der Waals surface area (Å²) < 4.78 is 0. The number of phenols is 2. The molecule has 0 aliphatic carbocycles. The molecule has 0 saturated carbocycles. The quantitative estimate of drug-likeness (QED) is 0.459. The highest BCUT2D eigenvalue weighted by Gasteiger charge is 2.12. The monoisotopic (exact) mass is 170 g/mol. The van der Waals surface area contributed by atoms with Crippen molar-refractivity contribution in [1.82, 2.24) is 0 Å². The number of rotatable bonds is 1. The van der Waals surface area contributed by atoms with Crippen molar-refractivity contribution in [2.45, 2.75) is 13.2 Å². The van der Waals surface area contributed by atoms with Gasteiger partial charge in [-0.2, -0.15) is 0 Å². The van der Waals surface area contributed by atoms with Gasteiger partial charge in [0.25, 0.3) is 0 Å². The Hall–Kier alpha value is -1.26. The maximum atomic E-state index is 9.16. The van der Waals surface area contributed by atoms with E-state index in [0.29, 0.717) is 5.56 Å². The number of hydrogen-bond donors (Lipinski definition) is 4. The van der Waals surface area contributed by atoms with Crippen molar-refractivity contribution in [1.29, 1.82) is 0 Å². The standard InChI is InChI=1S/C8H10O4/c1-4-2-5(9)3-6(10)7(4)8(11)12/h2-3,8-12H,1H3. The van der Waals surface area contributed by atoms with E-state index in [-0.39, 0.29) is 17.1 Å². The van der Waals surface area contributed by atoms with Gasteiger partial charge >= 0.3 is 0 Å². The summed E-state index contributed by atoms with van der Waals surface area (Å²) >= 11 is 0. The summed E-state index contributed by atoms with van der Waals surface area (Å²) in [7, 11) is 0. The van der Waals surface area contributed by atoms with Crippen LogP contribution in [-0.2, 0) is 0 Å². The Labute approximate surface area is 69.3 Å². The lowest BCUT2D eigenvalue weighted by Gasteiger charge is -2.10. The van der Waals surface area contributed by atoms with E-state index in [1.807, 2.05) is 0 Å². The Kier molecular flexibility index (Phi) is 2.21. The van der Waals surface area contributed by atoms with Crippen LogP contribution in [0.15, 0.2) is 12.1 Å². The van der Waals surface area contributed by atoms with E-state index in [9.17, 15) is 0 Å². The fourth-order valence-electron chi connectivity index (χ4n) is 1.10. The third-order valence-electron chi connectivity index (χ3n) is 1.61. The minimum atomic E-state index is -1.72. The van der Waals surface area contributed by atoms with Crippen LogP contribution in [0.1, 0.15) is 17.4 Å². The van der Waals surface area contributed by atoms with Crippen LogP contribution in [0.25, 0.3) is 0 Å². The van der Waals surface area contributed by atoms with Gasteiger partial charge in [-0.1, -0.05) is 0 Å². The van der Waals surface area contributed by atoms with Crippen LogP contribution in [0.3, 0.4) is 0 Å². The molecule has 4 nitrogen and oxygen atoms in total. The molecular formula is C8H10O4. The average Bonchev–Trinajstić information content (AvgIpc) is 1.82. The molecule has 1 aromatic rings. The zero-order valence-electron chi connectivity index (χ0n) is 6.52. The minimum absolute atomic E-state index is 0.0211. The van der Waals surface area contributed by atoms with Crippen LogP contribution in [-0.4, -0.2) is 20.4 Å². The molecule has 4 N–H and O–H groups in total. The highest BCUT2D eigenvalue weighted by molar-refractivity contribution is 5.45. The molecule has 0 bridgehead atoms. The molecule has 1 rings (SSSR count).